The highest BCUT2D eigenvalue weighted by atomic mass is 32.2. The van der Waals surface area contributed by atoms with Crippen LogP contribution in [0.1, 0.15) is 22.7 Å². The molecule has 3 rings (SSSR count). The first-order valence-electron chi connectivity index (χ1n) is 9.47. The fourth-order valence-corrected chi connectivity index (χ4v) is 4.02. The number of aryl methyl sites for hydroxylation is 1. The summed E-state index contributed by atoms with van der Waals surface area (Å²) in [5.74, 6) is 0. The predicted molar refractivity (Wildman–Crippen MR) is 116 cm³/mol. The van der Waals surface area contributed by atoms with Crippen molar-refractivity contribution in [3.63, 3.8) is 0 Å². The Morgan fingerprint density at radius 2 is 1.52 bits per heavy atom. The van der Waals surface area contributed by atoms with Gasteiger partial charge in [-0.05, 0) is 30.2 Å². The monoisotopic (exact) mass is 407 g/mol. The van der Waals surface area contributed by atoms with Crippen molar-refractivity contribution in [1.29, 1.82) is 0 Å². The molecule has 3 aromatic rings. The van der Waals surface area contributed by atoms with Gasteiger partial charge in [0.1, 0.15) is 0 Å². The highest BCUT2D eigenvalue weighted by molar-refractivity contribution is 7.89. The van der Waals surface area contributed by atoms with Crippen molar-refractivity contribution in [2.45, 2.75) is 24.5 Å². The summed E-state index contributed by atoms with van der Waals surface area (Å²) in [5.41, 5.74) is 2.97. The van der Waals surface area contributed by atoms with E-state index in [1.807, 2.05) is 79.7 Å². The third kappa shape index (κ3) is 6.39. The van der Waals surface area contributed by atoms with Gasteiger partial charge in [-0.3, -0.25) is 0 Å². The molecule has 0 aliphatic carbocycles. The second-order valence-corrected chi connectivity index (χ2v) is 8.47. The maximum atomic E-state index is 12.8. The summed E-state index contributed by atoms with van der Waals surface area (Å²) in [4.78, 5) is 0.248. The molecule has 1 N–H and O–H groups in total. The van der Waals surface area contributed by atoms with Gasteiger partial charge in [0, 0.05) is 0 Å². The largest absolute Gasteiger partial charge is 0.373 e. The Balaban J connectivity index is 1.69. The molecule has 0 amide bonds. The second-order valence-electron chi connectivity index (χ2n) is 6.75. The number of hydrogen-bond acceptors (Lipinski definition) is 3. The standard InChI is InChI=1S/C24H25NO3S/c1-20-14-16-23(17-15-20)29(26,27)25-24(22-11-6-3-7-12-22)13-8-18-28-19-21-9-4-2-5-10-21/h2-17,24-25H,18-19H2,1H3/b13-8+. The minimum absolute atomic E-state index is 0.248. The Kier molecular flexibility index (Phi) is 7.36. The van der Waals surface area contributed by atoms with Gasteiger partial charge in [0.15, 0.2) is 0 Å². The second kappa shape index (κ2) is 10.2. The molecule has 0 radical (unpaired) electrons. The number of sulfonamides is 1. The average Bonchev–Trinajstić information content (AvgIpc) is 2.74. The molecule has 0 aliphatic heterocycles. The van der Waals surface area contributed by atoms with Gasteiger partial charge in [0.05, 0.1) is 24.2 Å². The van der Waals surface area contributed by atoms with E-state index in [0.29, 0.717) is 13.2 Å². The summed E-state index contributed by atoms with van der Waals surface area (Å²) in [6, 6.07) is 25.7. The van der Waals surface area contributed by atoms with Crippen LogP contribution in [-0.2, 0) is 21.4 Å². The first-order valence-corrected chi connectivity index (χ1v) is 11.0. The van der Waals surface area contributed by atoms with Crippen LogP contribution in [0.25, 0.3) is 0 Å². The summed E-state index contributed by atoms with van der Waals surface area (Å²) in [6.45, 7) is 2.83. The first kappa shape index (κ1) is 21.0. The highest BCUT2D eigenvalue weighted by Crippen LogP contribution is 2.19. The summed E-state index contributed by atoms with van der Waals surface area (Å²) < 4.78 is 34.1. The molecular weight excluding hydrogens is 382 g/mol. The zero-order chi connectivity index (χ0) is 20.5. The van der Waals surface area contributed by atoms with Gasteiger partial charge in [-0.2, -0.15) is 4.72 Å². The summed E-state index contributed by atoms with van der Waals surface area (Å²) in [7, 11) is -3.65. The van der Waals surface area contributed by atoms with E-state index in [4.69, 9.17) is 4.74 Å². The third-order valence-electron chi connectivity index (χ3n) is 4.43. The number of hydrogen-bond donors (Lipinski definition) is 1. The maximum Gasteiger partial charge on any atom is 0.241 e. The zero-order valence-electron chi connectivity index (χ0n) is 16.4. The Morgan fingerprint density at radius 1 is 0.897 bits per heavy atom. The Labute approximate surface area is 172 Å². The van der Waals surface area contributed by atoms with Gasteiger partial charge >= 0.3 is 0 Å². The number of benzene rings is 3. The predicted octanol–water partition coefficient (Wildman–Crippen LogP) is 4.79. The zero-order valence-corrected chi connectivity index (χ0v) is 17.2. The lowest BCUT2D eigenvalue weighted by molar-refractivity contribution is 0.148. The molecule has 0 aromatic heterocycles. The molecule has 5 heteroatoms. The third-order valence-corrected chi connectivity index (χ3v) is 5.88. The van der Waals surface area contributed by atoms with Gasteiger partial charge in [0.2, 0.25) is 10.0 Å². The molecule has 0 heterocycles. The quantitative estimate of drug-likeness (QED) is 0.410. The average molecular weight is 408 g/mol. The van der Waals surface area contributed by atoms with Gasteiger partial charge in [-0.25, -0.2) is 8.42 Å². The van der Waals surface area contributed by atoms with E-state index in [1.54, 1.807) is 24.3 Å². The van der Waals surface area contributed by atoms with Crippen LogP contribution in [0, 0.1) is 6.92 Å². The van der Waals surface area contributed by atoms with Crippen LogP contribution in [0.2, 0.25) is 0 Å². The number of rotatable bonds is 9. The van der Waals surface area contributed by atoms with Crippen LogP contribution in [-0.4, -0.2) is 15.0 Å². The Morgan fingerprint density at radius 3 is 2.17 bits per heavy atom. The van der Waals surface area contributed by atoms with Gasteiger partial charge in [-0.1, -0.05) is 90.5 Å². The van der Waals surface area contributed by atoms with E-state index in [9.17, 15) is 8.42 Å². The molecule has 0 aliphatic rings. The first-order chi connectivity index (χ1) is 14.0. The summed E-state index contributed by atoms with van der Waals surface area (Å²) in [6.07, 6.45) is 3.67. The molecule has 4 nitrogen and oxygen atoms in total. The van der Waals surface area contributed by atoms with E-state index in [1.165, 1.54) is 0 Å². The lowest BCUT2D eigenvalue weighted by Gasteiger charge is -2.16. The van der Waals surface area contributed by atoms with Crippen molar-refractivity contribution in [1.82, 2.24) is 4.72 Å². The molecule has 0 saturated heterocycles. The maximum absolute atomic E-state index is 12.8. The van der Waals surface area contributed by atoms with Gasteiger partial charge in [0.25, 0.3) is 0 Å². The van der Waals surface area contributed by atoms with Crippen molar-refractivity contribution >= 4 is 10.0 Å². The van der Waals surface area contributed by atoms with Crippen LogP contribution in [0.3, 0.4) is 0 Å². The normalized spacial score (nSPS) is 12.9. The summed E-state index contributed by atoms with van der Waals surface area (Å²) in [5, 5.41) is 0. The molecule has 1 unspecified atom stereocenters. The van der Waals surface area contributed by atoms with Crippen LogP contribution >= 0.6 is 0 Å². The van der Waals surface area contributed by atoms with Crippen LogP contribution < -0.4 is 4.72 Å². The molecule has 0 bridgehead atoms. The van der Waals surface area contributed by atoms with Crippen LogP contribution in [0.15, 0.2) is 102 Å². The van der Waals surface area contributed by atoms with Crippen molar-refractivity contribution in [2.24, 2.45) is 0 Å². The van der Waals surface area contributed by atoms with E-state index < -0.39 is 16.1 Å². The van der Waals surface area contributed by atoms with Gasteiger partial charge in [-0.15, -0.1) is 0 Å². The fraction of sp³-hybridized carbons (Fsp3) is 0.167. The Hall–Kier alpha value is -2.73. The van der Waals surface area contributed by atoms with E-state index >= 15 is 0 Å². The Bertz CT molecular complexity index is 1010. The van der Waals surface area contributed by atoms with Crippen LogP contribution in [0.4, 0.5) is 0 Å². The minimum Gasteiger partial charge on any atom is -0.373 e. The van der Waals surface area contributed by atoms with Crippen molar-refractivity contribution in [3.05, 3.63) is 114 Å². The van der Waals surface area contributed by atoms with E-state index in [-0.39, 0.29) is 4.90 Å². The molecule has 0 spiro atoms. The summed E-state index contributed by atoms with van der Waals surface area (Å²) >= 11 is 0. The molecule has 0 saturated carbocycles. The molecular formula is C24H25NO3S. The molecule has 3 aromatic carbocycles. The lowest BCUT2D eigenvalue weighted by Crippen LogP contribution is -2.27. The van der Waals surface area contributed by atoms with Gasteiger partial charge < -0.3 is 4.74 Å². The molecule has 1 atom stereocenters. The van der Waals surface area contributed by atoms with E-state index in [0.717, 1.165) is 16.7 Å². The number of nitrogens with one attached hydrogen (secondary N) is 1. The smallest absolute Gasteiger partial charge is 0.241 e. The highest BCUT2D eigenvalue weighted by Gasteiger charge is 2.19. The van der Waals surface area contributed by atoms with Crippen molar-refractivity contribution in [2.75, 3.05) is 6.61 Å². The van der Waals surface area contributed by atoms with E-state index in [2.05, 4.69) is 4.72 Å². The molecule has 150 valence electrons. The van der Waals surface area contributed by atoms with Crippen LogP contribution in [0.5, 0.6) is 0 Å². The lowest BCUT2D eigenvalue weighted by atomic mass is 10.1. The van der Waals surface area contributed by atoms with Crippen molar-refractivity contribution in [3.8, 4) is 0 Å². The minimum atomic E-state index is -3.65. The molecule has 0 fully saturated rings. The number of ether oxygens (including phenoxy) is 1. The molecule has 29 heavy (non-hydrogen) atoms. The van der Waals surface area contributed by atoms with Crippen molar-refractivity contribution < 1.29 is 13.2 Å². The topological polar surface area (TPSA) is 55.4 Å². The SMILES string of the molecule is Cc1ccc(S(=O)(=O)NC(/C=C/COCc2ccccc2)c2ccccc2)cc1. The fourth-order valence-electron chi connectivity index (χ4n) is 2.84.